The van der Waals surface area contributed by atoms with Crippen LogP contribution < -0.4 is 5.32 Å². The fourth-order valence-electron chi connectivity index (χ4n) is 3.37. The molecule has 3 heterocycles. The lowest BCUT2D eigenvalue weighted by molar-refractivity contribution is 0.0808. The van der Waals surface area contributed by atoms with Gasteiger partial charge in [-0.15, -0.1) is 0 Å². The molecule has 0 saturated carbocycles. The first kappa shape index (κ1) is 15.3. The van der Waals surface area contributed by atoms with E-state index in [2.05, 4.69) is 21.8 Å². The lowest BCUT2D eigenvalue weighted by Gasteiger charge is -2.40. The van der Waals surface area contributed by atoms with Gasteiger partial charge < -0.3 is 19.5 Å². The highest BCUT2D eigenvalue weighted by Gasteiger charge is 2.32. The molecule has 0 atom stereocenters. The second-order valence-corrected chi connectivity index (χ2v) is 6.36. The molecule has 6 nitrogen and oxygen atoms in total. The summed E-state index contributed by atoms with van der Waals surface area (Å²) in [6.07, 6.45) is 4.10. The summed E-state index contributed by atoms with van der Waals surface area (Å²) in [6.45, 7) is 9.09. The number of amides is 2. The molecule has 0 spiro atoms. The third-order valence-electron chi connectivity index (χ3n) is 4.69. The number of nitrogens with zero attached hydrogens (tertiary/aromatic N) is 3. The molecule has 6 heteroatoms. The zero-order valence-corrected chi connectivity index (χ0v) is 13.5. The maximum absolute atomic E-state index is 11.7. The number of aryl methyl sites for hydroxylation is 1. The van der Waals surface area contributed by atoms with E-state index in [-0.39, 0.29) is 6.03 Å². The van der Waals surface area contributed by atoms with E-state index in [9.17, 15) is 4.79 Å². The van der Waals surface area contributed by atoms with Gasteiger partial charge in [0.1, 0.15) is 5.82 Å². The number of carbonyl (C=O) groups is 1. The molecule has 0 radical (unpaired) electrons. The van der Waals surface area contributed by atoms with E-state index < -0.39 is 0 Å². The number of likely N-dealkylation sites (tertiary alicyclic amines) is 1. The highest BCUT2D eigenvalue weighted by molar-refractivity contribution is 5.74. The molecule has 3 rings (SSSR count). The molecule has 1 aromatic rings. The van der Waals surface area contributed by atoms with E-state index in [1.165, 1.54) is 11.5 Å². The van der Waals surface area contributed by atoms with E-state index in [1.807, 2.05) is 18.0 Å². The van der Waals surface area contributed by atoms with E-state index in [1.54, 1.807) is 0 Å². The van der Waals surface area contributed by atoms with Crippen molar-refractivity contribution in [1.82, 2.24) is 19.8 Å². The Morgan fingerprint density at radius 3 is 2.82 bits per heavy atom. The predicted octanol–water partition coefficient (Wildman–Crippen LogP) is 1.75. The lowest BCUT2D eigenvalue weighted by Crippen LogP contribution is -2.54. The molecule has 1 N–H and O–H groups in total. The molecule has 2 saturated heterocycles. The second-order valence-electron chi connectivity index (χ2n) is 6.36. The molecule has 0 aliphatic carbocycles. The normalized spacial score (nSPS) is 20.0. The maximum atomic E-state index is 11.7. The Bertz CT molecular complexity index is 516. The summed E-state index contributed by atoms with van der Waals surface area (Å²) in [6, 6.07) is 0.0609. The number of hydrogen-bond acceptors (Lipinski definition) is 3. The van der Waals surface area contributed by atoms with Gasteiger partial charge in [-0.05, 0) is 26.7 Å². The van der Waals surface area contributed by atoms with Crippen molar-refractivity contribution in [3.63, 3.8) is 0 Å². The van der Waals surface area contributed by atoms with E-state index >= 15 is 0 Å². The fourth-order valence-corrected chi connectivity index (χ4v) is 3.37. The molecule has 122 valence electrons. The van der Waals surface area contributed by atoms with Crippen LogP contribution in [-0.4, -0.2) is 53.3 Å². The average molecular weight is 306 g/mol. The molecule has 1 aromatic heterocycles. The molecule has 2 amide bonds. The molecular weight excluding hydrogens is 280 g/mol. The number of aromatic nitrogens is 2. The van der Waals surface area contributed by atoms with Crippen LogP contribution in [0.4, 0.5) is 4.79 Å². The Morgan fingerprint density at radius 1 is 1.41 bits per heavy atom. The number of hydrogen-bond donors (Lipinski definition) is 1. The summed E-state index contributed by atoms with van der Waals surface area (Å²) in [5, 5.41) is 2.86. The highest BCUT2D eigenvalue weighted by Crippen LogP contribution is 2.28. The van der Waals surface area contributed by atoms with Gasteiger partial charge in [-0.25, -0.2) is 9.78 Å². The van der Waals surface area contributed by atoms with Gasteiger partial charge in [0.05, 0.1) is 0 Å². The molecule has 2 aliphatic rings. The molecule has 2 aliphatic heterocycles. The fraction of sp³-hybridized carbons (Fsp3) is 0.750. The smallest absolute Gasteiger partial charge is 0.317 e. The second kappa shape index (κ2) is 6.69. The van der Waals surface area contributed by atoms with Crippen LogP contribution in [0.5, 0.6) is 0 Å². The zero-order valence-electron chi connectivity index (χ0n) is 13.5. The maximum Gasteiger partial charge on any atom is 0.317 e. The van der Waals surface area contributed by atoms with Gasteiger partial charge >= 0.3 is 6.03 Å². The summed E-state index contributed by atoms with van der Waals surface area (Å²) in [5.74, 6) is 2.26. The molecule has 0 bridgehead atoms. The van der Waals surface area contributed by atoms with Crippen LogP contribution in [0, 0.1) is 12.8 Å². The summed E-state index contributed by atoms with van der Waals surface area (Å²) < 4.78 is 7.81. The molecule has 22 heavy (non-hydrogen) atoms. The van der Waals surface area contributed by atoms with Crippen LogP contribution in [0.3, 0.4) is 0 Å². The van der Waals surface area contributed by atoms with E-state index in [0.717, 1.165) is 45.7 Å². The number of carbonyl (C=O) groups excluding carboxylic acids is 1. The minimum atomic E-state index is 0.0609. The highest BCUT2D eigenvalue weighted by atomic mass is 16.5. The van der Waals surface area contributed by atoms with Crippen LogP contribution in [0.2, 0.25) is 0 Å². The number of ether oxygens (including phenoxy) is 1. The summed E-state index contributed by atoms with van der Waals surface area (Å²) in [7, 11) is 0. The monoisotopic (exact) mass is 306 g/mol. The number of nitrogens with one attached hydrogen (secondary N) is 1. The first-order valence-electron chi connectivity index (χ1n) is 8.31. The van der Waals surface area contributed by atoms with E-state index in [4.69, 9.17) is 4.74 Å². The van der Waals surface area contributed by atoms with Gasteiger partial charge in [-0.1, -0.05) is 0 Å². The summed E-state index contributed by atoms with van der Waals surface area (Å²) in [5.41, 5.74) is 1.22. The van der Waals surface area contributed by atoms with E-state index in [0.29, 0.717) is 18.4 Å². The van der Waals surface area contributed by atoms with Gasteiger partial charge in [-0.3, -0.25) is 0 Å². The van der Waals surface area contributed by atoms with Crippen LogP contribution in [0.15, 0.2) is 6.20 Å². The first-order valence-corrected chi connectivity index (χ1v) is 8.31. The molecule has 0 aromatic carbocycles. The van der Waals surface area contributed by atoms with Gasteiger partial charge in [0.2, 0.25) is 0 Å². The third kappa shape index (κ3) is 3.11. The van der Waals surface area contributed by atoms with Crippen LogP contribution in [-0.2, 0) is 11.3 Å². The SMILES string of the molecule is CCNC(=O)N1CC(Cn2c(C)cnc2C2CCOCC2)C1. The average Bonchev–Trinajstić information content (AvgIpc) is 2.84. The Hall–Kier alpha value is -1.56. The quantitative estimate of drug-likeness (QED) is 0.922. The number of urea groups is 1. The molecular formula is C16H26N4O2. The zero-order chi connectivity index (χ0) is 15.5. The standard InChI is InChI=1S/C16H26N4O2/c1-3-17-16(21)19-9-13(10-19)11-20-12(2)8-18-15(20)14-4-6-22-7-5-14/h8,13-14H,3-7,9-11H2,1-2H3,(H,17,21). The van der Waals surface area contributed by atoms with Crippen LogP contribution in [0.1, 0.15) is 37.2 Å². The lowest BCUT2D eigenvalue weighted by atomic mass is 9.97. The minimum Gasteiger partial charge on any atom is -0.381 e. The Kier molecular flexibility index (Phi) is 4.66. The van der Waals surface area contributed by atoms with Crippen molar-refractivity contribution >= 4 is 6.03 Å². The van der Waals surface area contributed by atoms with Crippen molar-refractivity contribution in [2.75, 3.05) is 32.8 Å². The van der Waals surface area contributed by atoms with Gasteiger partial charge in [0.15, 0.2) is 0 Å². The summed E-state index contributed by atoms with van der Waals surface area (Å²) in [4.78, 5) is 18.3. The van der Waals surface area contributed by atoms with Crippen LogP contribution >= 0.6 is 0 Å². The van der Waals surface area contributed by atoms with Crippen molar-refractivity contribution in [2.45, 2.75) is 39.2 Å². The van der Waals surface area contributed by atoms with Crippen molar-refractivity contribution in [2.24, 2.45) is 5.92 Å². The van der Waals surface area contributed by atoms with Gasteiger partial charge in [-0.2, -0.15) is 0 Å². The number of rotatable bonds is 4. The predicted molar refractivity (Wildman–Crippen MR) is 83.9 cm³/mol. The van der Waals surface area contributed by atoms with Crippen molar-refractivity contribution in [3.05, 3.63) is 17.7 Å². The Labute approximate surface area is 131 Å². The summed E-state index contributed by atoms with van der Waals surface area (Å²) >= 11 is 0. The minimum absolute atomic E-state index is 0.0609. The third-order valence-corrected chi connectivity index (χ3v) is 4.69. The molecule has 0 unspecified atom stereocenters. The first-order chi connectivity index (χ1) is 10.7. The Balaban J connectivity index is 1.59. The van der Waals surface area contributed by atoms with Crippen molar-refractivity contribution in [3.8, 4) is 0 Å². The largest absolute Gasteiger partial charge is 0.381 e. The van der Waals surface area contributed by atoms with Crippen molar-refractivity contribution in [1.29, 1.82) is 0 Å². The molecule has 2 fully saturated rings. The van der Waals surface area contributed by atoms with Gasteiger partial charge in [0.25, 0.3) is 0 Å². The van der Waals surface area contributed by atoms with Gasteiger partial charge in [0, 0.05) is 63.1 Å². The topological polar surface area (TPSA) is 59.4 Å². The Morgan fingerprint density at radius 2 is 2.14 bits per heavy atom. The van der Waals surface area contributed by atoms with Crippen molar-refractivity contribution < 1.29 is 9.53 Å². The number of imidazole rings is 1. The van der Waals surface area contributed by atoms with Crippen LogP contribution in [0.25, 0.3) is 0 Å².